The Hall–Kier alpha value is -2.89. The van der Waals surface area contributed by atoms with Crippen LogP contribution in [0.2, 0.25) is 0 Å². The van der Waals surface area contributed by atoms with Crippen molar-refractivity contribution in [1.29, 1.82) is 0 Å². The van der Waals surface area contributed by atoms with Gasteiger partial charge in [0, 0.05) is 43.3 Å². The summed E-state index contributed by atoms with van der Waals surface area (Å²) in [7, 11) is 0. The smallest absolute Gasteiger partial charge is 0.253 e. The predicted molar refractivity (Wildman–Crippen MR) is 108 cm³/mol. The summed E-state index contributed by atoms with van der Waals surface area (Å²) in [6.45, 7) is 7.37. The number of hydrogen-bond acceptors (Lipinski definition) is 3. The van der Waals surface area contributed by atoms with Gasteiger partial charge in [-0.05, 0) is 56.4 Å². The van der Waals surface area contributed by atoms with Crippen molar-refractivity contribution in [3.05, 3.63) is 71.6 Å². The first-order valence-corrected chi connectivity index (χ1v) is 9.93. The maximum atomic E-state index is 13.0. The Bertz CT molecular complexity index is 936. The fourth-order valence-electron chi connectivity index (χ4n) is 4.00. The molecule has 3 heterocycles. The molecular formula is C22H27N5O. The second-order valence-electron chi connectivity index (χ2n) is 7.78. The molecule has 2 aromatic heterocycles. The van der Waals surface area contributed by atoms with E-state index in [4.69, 9.17) is 0 Å². The minimum Gasteiger partial charge on any atom is -0.339 e. The molecule has 0 saturated carbocycles. The van der Waals surface area contributed by atoms with Crippen LogP contribution in [0.3, 0.4) is 0 Å². The highest BCUT2D eigenvalue weighted by molar-refractivity contribution is 5.94. The summed E-state index contributed by atoms with van der Waals surface area (Å²) in [5.41, 5.74) is 4.02. The first kappa shape index (κ1) is 18.5. The molecule has 1 saturated heterocycles. The van der Waals surface area contributed by atoms with E-state index in [0.717, 1.165) is 55.0 Å². The van der Waals surface area contributed by atoms with Crippen LogP contribution in [0.1, 0.15) is 40.2 Å². The molecule has 0 atom stereocenters. The zero-order valence-electron chi connectivity index (χ0n) is 16.6. The highest BCUT2D eigenvalue weighted by Gasteiger charge is 2.24. The summed E-state index contributed by atoms with van der Waals surface area (Å²) >= 11 is 0. The van der Waals surface area contributed by atoms with Gasteiger partial charge < -0.3 is 9.47 Å². The van der Waals surface area contributed by atoms with Crippen molar-refractivity contribution in [2.24, 2.45) is 5.92 Å². The standard InChI is InChI=1S/C22H27N5O/c1-17-12-18(2)27(24-17)15-20-4-3-5-21(13-20)22(28)26-9-6-19(7-10-26)14-25-11-8-23-16-25/h3-5,8,11-13,16,19H,6-7,9-10,14-15H2,1-2H3. The third kappa shape index (κ3) is 4.16. The Morgan fingerprint density at radius 1 is 1.18 bits per heavy atom. The van der Waals surface area contributed by atoms with E-state index < -0.39 is 0 Å². The van der Waals surface area contributed by atoms with Crippen LogP contribution in [0.25, 0.3) is 0 Å². The fourth-order valence-corrected chi connectivity index (χ4v) is 4.00. The lowest BCUT2D eigenvalue weighted by atomic mass is 9.96. The van der Waals surface area contributed by atoms with Gasteiger partial charge in [-0.15, -0.1) is 0 Å². The number of hydrogen-bond donors (Lipinski definition) is 0. The van der Waals surface area contributed by atoms with Crippen molar-refractivity contribution in [2.75, 3.05) is 13.1 Å². The normalized spacial score (nSPS) is 15.1. The molecule has 0 spiro atoms. The number of likely N-dealkylation sites (tertiary alicyclic amines) is 1. The summed E-state index contributed by atoms with van der Waals surface area (Å²) in [6.07, 6.45) is 7.76. The Kier molecular flexibility index (Phi) is 5.28. The van der Waals surface area contributed by atoms with Gasteiger partial charge in [-0.3, -0.25) is 9.48 Å². The van der Waals surface area contributed by atoms with Crippen LogP contribution < -0.4 is 0 Å². The maximum absolute atomic E-state index is 13.0. The summed E-state index contributed by atoms with van der Waals surface area (Å²) in [4.78, 5) is 19.1. The third-order valence-corrected chi connectivity index (χ3v) is 5.54. The number of aryl methyl sites for hydroxylation is 2. The van der Waals surface area contributed by atoms with Crippen molar-refractivity contribution in [3.63, 3.8) is 0 Å². The molecule has 1 aliphatic heterocycles. The highest BCUT2D eigenvalue weighted by atomic mass is 16.2. The van der Waals surface area contributed by atoms with Crippen molar-refractivity contribution >= 4 is 5.91 Å². The lowest BCUT2D eigenvalue weighted by molar-refractivity contribution is 0.0683. The summed E-state index contributed by atoms with van der Waals surface area (Å²) in [5, 5.41) is 4.52. The largest absolute Gasteiger partial charge is 0.339 e. The van der Waals surface area contributed by atoms with Crippen LogP contribution in [-0.2, 0) is 13.1 Å². The Morgan fingerprint density at radius 3 is 2.68 bits per heavy atom. The summed E-state index contributed by atoms with van der Waals surface area (Å²) in [6, 6.07) is 10.0. The summed E-state index contributed by atoms with van der Waals surface area (Å²) < 4.78 is 4.12. The van der Waals surface area contributed by atoms with E-state index in [-0.39, 0.29) is 5.91 Å². The third-order valence-electron chi connectivity index (χ3n) is 5.54. The second kappa shape index (κ2) is 8.00. The van der Waals surface area contributed by atoms with E-state index in [1.54, 1.807) is 0 Å². The fraction of sp³-hybridized carbons (Fsp3) is 0.409. The molecule has 1 aromatic carbocycles. The Balaban J connectivity index is 1.38. The molecule has 6 heteroatoms. The molecule has 6 nitrogen and oxygen atoms in total. The predicted octanol–water partition coefficient (Wildman–Crippen LogP) is 3.30. The first-order chi connectivity index (χ1) is 13.6. The Morgan fingerprint density at radius 2 is 2.00 bits per heavy atom. The molecule has 1 amide bonds. The van der Waals surface area contributed by atoms with Gasteiger partial charge in [0.05, 0.1) is 18.6 Å². The van der Waals surface area contributed by atoms with Crippen LogP contribution in [0.15, 0.2) is 49.1 Å². The SMILES string of the molecule is Cc1cc(C)n(Cc2cccc(C(=O)N3CCC(Cn4ccnc4)CC3)c2)n1. The molecule has 28 heavy (non-hydrogen) atoms. The molecule has 0 unspecified atom stereocenters. The number of aromatic nitrogens is 4. The quantitative estimate of drug-likeness (QED) is 0.686. The van der Waals surface area contributed by atoms with E-state index in [9.17, 15) is 4.79 Å². The van der Waals surface area contributed by atoms with Crippen LogP contribution >= 0.6 is 0 Å². The highest BCUT2D eigenvalue weighted by Crippen LogP contribution is 2.21. The number of rotatable bonds is 5. The van der Waals surface area contributed by atoms with E-state index in [1.807, 2.05) is 53.4 Å². The molecule has 3 aromatic rings. The number of piperidine rings is 1. The van der Waals surface area contributed by atoms with Gasteiger partial charge in [0.2, 0.25) is 0 Å². The zero-order chi connectivity index (χ0) is 19.5. The van der Waals surface area contributed by atoms with Crippen molar-refractivity contribution in [2.45, 2.75) is 39.8 Å². The lowest BCUT2D eigenvalue weighted by Gasteiger charge is -2.32. The second-order valence-corrected chi connectivity index (χ2v) is 7.78. The van der Waals surface area contributed by atoms with Crippen LogP contribution in [-0.4, -0.2) is 43.2 Å². The lowest BCUT2D eigenvalue weighted by Crippen LogP contribution is -2.39. The molecule has 1 aliphatic rings. The molecule has 1 fully saturated rings. The monoisotopic (exact) mass is 377 g/mol. The molecule has 146 valence electrons. The molecule has 0 radical (unpaired) electrons. The molecule has 0 aliphatic carbocycles. The minimum absolute atomic E-state index is 0.135. The van der Waals surface area contributed by atoms with Crippen LogP contribution in [0, 0.1) is 19.8 Å². The van der Waals surface area contributed by atoms with Crippen LogP contribution in [0.4, 0.5) is 0 Å². The average Bonchev–Trinajstić information content (AvgIpc) is 3.31. The number of carbonyl (C=O) groups is 1. The average molecular weight is 377 g/mol. The van der Waals surface area contributed by atoms with Crippen molar-refractivity contribution in [3.8, 4) is 0 Å². The number of carbonyl (C=O) groups excluding carboxylic acids is 1. The van der Waals surface area contributed by atoms with E-state index >= 15 is 0 Å². The summed E-state index contributed by atoms with van der Waals surface area (Å²) in [5.74, 6) is 0.743. The maximum Gasteiger partial charge on any atom is 0.253 e. The van der Waals surface area contributed by atoms with E-state index in [0.29, 0.717) is 12.5 Å². The van der Waals surface area contributed by atoms with Crippen molar-refractivity contribution in [1.82, 2.24) is 24.2 Å². The number of imidazole rings is 1. The van der Waals surface area contributed by atoms with Gasteiger partial charge >= 0.3 is 0 Å². The van der Waals surface area contributed by atoms with Gasteiger partial charge in [0.1, 0.15) is 0 Å². The minimum atomic E-state index is 0.135. The number of amides is 1. The zero-order valence-corrected chi connectivity index (χ0v) is 16.6. The van der Waals surface area contributed by atoms with Gasteiger partial charge in [0.15, 0.2) is 0 Å². The van der Waals surface area contributed by atoms with Gasteiger partial charge in [-0.25, -0.2) is 4.98 Å². The molecule has 0 N–H and O–H groups in total. The topological polar surface area (TPSA) is 56.0 Å². The molecule has 0 bridgehead atoms. The molecule has 4 rings (SSSR count). The first-order valence-electron chi connectivity index (χ1n) is 9.93. The number of nitrogens with zero attached hydrogens (tertiary/aromatic N) is 5. The van der Waals surface area contributed by atoms with Crippen molar-refractivity contribution < 1.29 is 4.79 Å². The van der Waals surface area contributed by atoms with Gasteiger partial charge in [-0.2, -0.15) is 5.10 Å². The van der Waals surface area contributed by atoms with Gasteiger partial charge in [0.25, 0.3) is 5.91 Å². The van der Waals surface area contributed by atoms with Gasteiger partial charge in [-0.1, -0.05) is 12.1 Å². The van der Waals surface area contributed by atoms with E-state index in [1.165, 1.54) is 0 Å². The Labute approximate surface area is 165 Å². The van der Waals surface area contributed by atoms with Crippen LogP contribution in [0.5, 0.6) is 0 Å². The van der Waals surface area contributed by atoms with E-state index in [2.05, 4.69) is 33.7 Å². The number of benzene rings is 1. The molecular weight excluding hydrogens is 350 g/mol.